The first kappa shape index (κ1) is 24.3. The summed E-state index contributed by atoms with van der Waals surface area (Å²) in [6.45, 7) is 11.2. The lowest BCUT2D eigenvalue weighted by Crippen LogP contribution is -2.36. The SMILES string of the molecule is CC.CC.CC(=O)N1CCC(=C2c3ccc(O)cc3CCC3=CC(Br)=CNC32)CC1. The van der Waals surface area contributed by atoms with Crippen molar-refractivity contribution in [2.45, 2.75) is 66.3 Å². The maximum absolute atomic E-state index is 11.7. The number of phenolic OH excluding ortho intramolecular Hbond substituents is 1. The Morgan fingerprint density at radius 2 is 1.77 bits per heavy atom. The van der Waals surface area contributed by atoms with Gasteiger partial charge < -0.3 is 15.3 Å². The second kappa shape index (κ2) is 11.4. The summed E-state index contributed by atoms with van der Waals surface area (Å²) in [6.07, 6.45) is 7.94. The highest BCUT2D eigenvalue weighted by atomic mass is 79.9. The molecule has 1 amide bonds. The minimum absolute atomic E-state index is 0.156. The summed E-state index contributed by atoms with van der Waals surface area (Å²) in [7, 11) is 0. The van der Waals surface area contributed by atoms with Gasteiger partial charge in [-0.3, -0.25) is 4.79 Å². The van der Waals surface area contributed by atoms with E-state index in [1.54, 1.807) is 13.0 Å². The number of dihydropyridines is 1. The van der Waals surface area contributed by atoms with E-state index >= 15 is 0 Å². The highest BCUT2D eigenvalue weighted by Crippen LogP contribution is 2.40. The highest BCUT2D eigenvalue weighted by Gasteiger charge is 2.31. The molecule has 0 saturated carbocycles. The number of rotatable bonds is 0. The first-order valence-electron chi connectivity index (χ1n) is 11.1. The van der Waals surface area contributed by atoms with E-state index in [0.29, 0.717) is 5.75 Å². The quantitative estimate of drug-likeness (QED) is 0.490. The molecular formula is C25H35BrN2O2. The van der Waals surface area contributed by atoms with Crippen LogP contribution in [0.25, 0.3) is 5.57 Å². The number of halogens is 1. The first-order valence-corrected chi connectivity index (χ1v) is 11.9. The largest absolute Gasteiger partial charge is 0.508 e. The van der Waals surface area contributed by atoms with E-state index in [9.17, 15) is 9.90 Å². The van der Waals surface area contributed by atoms with Crippen molar-refractivity contribution in [3.8, 4) is 5.75 Å². The summed E-state index contributed by atoms with van der Waals surface area (Å²) in [6, 6.07) is 5.91. The molecule has 2 N–H and O–H groups in total. The van der Waals surface area contributed by atoms with Crippen LogP contribution in [0.15, 0.2) is 46.1 Å². The number of likely N-dealkylation sites (tertiary alicyclic amines) is 1. The molecule has 5 heteroatoms. The molecule has 0 aromatic heterocycles. The van der Waals surface area contributed by atoms with Gasteiger partial charge in [0.2, 0.25) is 5.91 Å². The van der Waals surface area contributed by atoms with Crippen LogP contribution >= 0.6 is 15.9 Å². The van der Waals surface area contributed by atoms with Crippen molar-refractivity contribution in [2.24, 2.45) is 0 Å². The molecule has 0 bridgehead atoms. The van der Waals surface area contributed by atoms with Gasteiger partial charge in [0.25, 0.3) is 0 Å². The van der Waals surface area contributed by atoms with Crippen LogP contribution in [0.5, 0.6) is 5.75 Å². The number of aromatic hydroxyl groups is 1. The Labute approximate surface area is 189 Å². The average Bonchev–Trinajstić information content (AvgIpc) is 2.93. The Morgan fingerprint density at radius 1 is 1.10 bits per heavy atom. The lowest BCUT2D eigenvalue weighted by molar-refractivity contribution is -0.129. The third-order valence-electron chi connectivity index (χ3n) is 5.63. The van der Waals surface area contributed by atoms with Gasteiger partial charge in [-0.25, -0.2) is 0 Å². The van der Waals surface area contributed by atoms with E-state index in [-0.39, 0.29) is 11.9 Å². The number of phenols is 1. The van der Waals surface area contributed by atoms with Crippen molar-refractivity contribution < 1.29 is 9.90 Å². The van der Waals surface area contributed by atoms with Crippen LogP contribution in [-0.4, -0.2) is 35.0 Å². The number of allylic oxidation sites excluding steroid dienone is 2. The summed E-state index contributed by atoms with van der Waals surface area (Å²) in [4.78, 5) is 13.6. The van der Waals surface area contributed by atoms with Gasteiger partial charge in [0.05, 0.1) is 6.04 Å². The summed E-state index contributed by atoms with van der Waals surface area (Å²) in [5.41, 5.74) is 6.57. The van der Waals surface area contributed by atoms with E-state index in [1.165, 1.54) is 27.8 Å². The zero-order chi connectivity index (χ0) is 22.3. The third-order valence-corrected chi connectivity index (χ3v) is 6.08. The number of carbonyl (C=O) groups excluding carboxylic acids is 1. The standard InChI is InChI=1S/C21H23BrN2O2.2C2H6/c1-13(25)24-8-6-14(7-9-24)20-19-5-4-18(26)11-15(19)2-3-16-10-17(22)12-23-21(16)20;2*1-2/h4-5,10-12,21,23,26H,2-3,6-9H2,1H3;2*1-2H3. The van der Waals surface area contributed by atoms with Crippen molar-refractivity contribution in [1.29, 1.82) is 0 Å². The lowest BCUT2D eigenvalue weighted by Gasteiger charge is -2.33. The molecule has 0 spiro atoms. The summed E-state index contributed by atoms with van der Waals surface area (Å²) >= 11 is 3.58. The monoisotopic (exact) mass is 474 g/mol. The molecule has 1 aromatic carbocycles. The van der Waals surface area contributed by atoms with Crippen LogP contribution in [-0.2, 0) is 11.2 Å². The van der Waals surface area contributed by atoms with Gasteiger partial charge in [0.1, 0.15) is 5.75 Å². The van der Waals surface area contributed by atoms with Gasteiger partial charge in [-0.1, -0.05) is 39.3 Å². The maximum Gasteiger partial charge on any atom is 0.219 e. The Balaban J connectivity index is 0.000000757. The molecule has 4 nitrogen and oxygen atoms in total. The lowest BCUT2D eigenvalue weighted by atomic mass is 9.85. The summed E-state index contributed by atoms with van der Waals surface area (Å²) in [5.74, 6) is 0.481. The topological polar surface area (TPSA) is 52.6 Å². The fourth-order valence-electron chi connectivity index (χ4n) is 4.30. The van der Waals surface area contributed by atoms with E-state index in [2.05, 4.69) is 33.4 Å². The first-order chi connectivity index (χ1) is 14.5. The Bertz CT molecular complexity index is 845. The number of benzene rings is 1. The molecule has 1 aromatic rings. The molecule has 4 rings (SSSR count). The molecule has 3 aliphatic rings. The molecule has 1 fully saturated rings. The second-order valence-electron chi connectivity index (χ2n) is 7.21. The summed E-state index contributed by atoms with van der Waals surface area (Å²) < 4.78 is 1.06. The number of nitrogens with one attached hydrogen (secondary N) is 1. The number of amides is 1. The molecule has 1 unspecified atom stereocenters. The fourth-order valence-corrected chi connectivity index (χ4v) is 4.72. The van der Waals surface area contributed by atoms with Crippen molar-refractivity contribution in [3.05, 3.63) is 57.2 Å². The predicted molar refractivity (Wildman–Crippen MR) is 130 cm³/mol. The van der Waals surface area contributed by atoms with Gasteiger partial charge in [-0.05, 0) is 82.1 Å². The molecule has 1 aliphatic carbocycles. The van der Waals surface area contributed by atoms with Gasteiger partial charge in [-0.2, -0.15) is 0 Å². The predicted octanol–water partition coefficient (Wildman–Crippen LogP) is 5.92. The Hall–Kier alpha value is -2.01. The molecule has 164 valence electrons. The minimum Gasteiger partial charge on any atom is -0.508 e. The molecule has 0 radical (unpaired) electrons. The van der Waals surface area contributed by atoms with Crippen LogP contribution < -0.4 is 5.32 Å². The molecule has 30 heavy (non-hydrogen) atoms. The zero-order valence-corrected chi connectivity index (χ0v) is 20.5. The number of hydrogen-bond acceptors (Lipinski definition) is 3. The van der Waals surface area contributed by atoms with Crippen molar-refractivity contribution in [1.82, 2.24) is 10.2 Å². The summed E-state index contributed by atoms with van der Waals surface area (Å²) in [5, 5.41) is 13.5. The molecule has 2 heterocycles. The number of nitrogens with zero attached hydrogens (tertiary/aromatic N) is 1. The normalized spacial score (nSPS) is 19.9. The zero-order valence-electron chi connectivity index (χ0n) is 18.9. The fraction of sp³-hybridized carbons (Fsp3) is 0.480. The van der Waals surface area contributed by atoms with Crippen molar-refractivity contribution >= 4 is 27.4 Å². The number of fused-ring (bicyclic) bond motifs is 2. The van der Waals surface area contributed by atoms with E-state index in [1.807, 2.05) is 44.9 Å². The minimum atomic E-state index is 0.156. The van der Waals surface area contributed by atoms with E-state index < -0.39 is 0 Å². The smallest absolute Gasteiger partial charge is 0.219 e. The number of aryl methyl sites for hydroxylation is 1. The van der Waals surface area contributed by atoms with E-state index in [0.717, 1.165) is 43.3 Å². The maximum atomic E-state index is 11.7. The molecular weight excluding hydrogens is 440 g/mol. The van der Waals surface area contributed by atoms with Gasteiger partial charge in [-0.15, -0.1) is 0 Å². The van der Waals surface area contributed by atoms with Crippen LogP contribution in [0.3, 0.4) is 0 Å². The Morgan fingerprint density at radius 3 is 2.40 bits per heavy atom. The Kier molecular flexibility index (Phi) is 9.22. The van der Waals surface area contributed by atoms with Gasteiger partial charge in [0.15, 0.2) is 0 Å². The van der Waals surface area contributed by atoms with Gasteiger partial charge in [0, 0.05) is 30.7 Å². The van der Waals surface area contributed by atoms with Crippen LogP contribution in [0, 0.1) is 0 Å². The molecule has 1 saturated heterocycles. The second-order valence-corrected chi connectivity index (χ2v) is 8.13. The number of piperidine rings is 1. The van der Waals surface area contributed by atoms with Crippen LogP contribution in [0.4, 0.5) is 0 Å². The molecule has 1 atom stereocenters. The van der Waals surface area contributed by atoms with Crippen molar-refractivity contribution in [3.63, 3.8) is 0 Å². The van der Waals surface area contributed by atoms with Crippen LogP contribution in [0.2, 0.25) is 0 Å². The number of carbonyl (C=O) groups is 1. The van der Waals surface area contributed by atoms with E-state index in [4.69, 9.17) is 0 Å². The number of hydrogen-bond donors (Lipinski definition) is 2. The van der Waals surface area contributed by atoms with Crippen LogP contribution in [0.1, 0.15) is 65.0 Å². The highest BCUT2D eigenvalue weighted by molar-refractivity contribution is 9.11. The third kappa shape index (κ3) is 5.37. The van der Waals surface area contributed by atoms with Crippen molar-refractivity contribution in [2.75, 3.05) is 13.1 Å². The van der Waals surface area contributed by atoms with Gasteiger partial charge >= 0.3 is 0 Å². The molecule has 2 aliphatic heterocycles. The average molecular weight is 475 g/mol.